The highest BCUT2D eigenvalue weighted by Crippen LogP contribution is 2.30. The highest BCUT2D eigenvalue weighted by atomic mass is 35.5. The number of nitrogens with zero attached hydrogens (tertiary/aromatic N) is 1. The van der Waals surface area contributed by atoms with Crippen molar-refractivity contribution in [3.63, 3.8) is 0 Å². The Labute approximate surface area is 235 Å². The molecule has 0 unspecified atom stereocenters. The summed E-state index contributed by atoms with van der Waals surface area (Å²) < 4.78 is 10.6. The molecular formula is C29H24Cl2N2O6. The van der Waals surface area contributed by atoms with E-state index >= 15 is 0 Å². The molecule has 1 aliphatic heterocycles. The summed E-state index contributed by atoms with van der Waals surface area (Å²) >= 11 is 12.2. The van der Waals surface area contributed by atoms with Gasteiger partial charge < -0.3 is 14.8 Å². The van der Waals surface area contributed by atoms with Crippen LogP contribution in [0.1, 0.15) is 46.0 Å². The number of carbonyl (C=O) groups is 4. The van der Waals surface area contributed by atoms with Gasteiger partial charge in [0.2, 0.25) is 0 Å². The number of esters is 2. The van der Waals surface area contributed by atoms with E-state index in [0.717, 1.165) is 23.3 Å². The summed E-state index contributed by atoms with van der Waals surface area (Å²) in [6, 6.07) is 16.9. The number of rotatable bonds is 9. The van der Waals surface area contributed by atoms with Crippen molar-refractivity contribution in [2.45, 2.75) is 26.7 Å². The molecule has 0 spiro atoms. The predicted octanol–water partition coefficient (Wildman–Crippen LogP) is 6.26. The van der Waals surface area contributed by atoms with Crippen LogP contribution in [0.4, 0.5) is 11.4 Å². The number of unbranched alkanes of at least 4 members (excludes halogenated alkanes) is 1. The molecule has 10 heteroatoms. The summed E-state index contributed by atoms with van der Waals surface area (Å²) in [5, 5.41) is 3.13. The summed E-state index contributed by atoms with van der Waals surface area (Å²) in [7, 11) is 0. The first-order chi connectivity index (χ1) is 18.7. The maximum Gasteiger partial charge on any atom is 0.343 e. The van der Waals surface area contributed by atoms with Gasteiger partial charge in [0.1, 0.15) is 16.5 Å². The van der Waals surface area contributed by atoms with Crippen molar-refractivity contribution in [2.24, 2.45) is 0 Å². The lowest BCUT2D eigenvalue weighted by Gasteiger charge is -2.15. The van der Waals surface area contributed by atoms with Crippen LogP contribution in [-0.4, -0.2) is 30.4 Å². The van der Waals surface area contributed by atoms with Crippen molar-refractivity contribution in [3.8, 4) is 5.75 Å². The summed E-state index contributed by atoms with van der Waals surface area (Å²) in [6.45, 7) is 4.11. The van der Waals surface area contributed by atoms with E-state index in [0.29, 0.717) is 28.6 Å². The van der Waals surface area contributed by atoms with Crippen molar-refractivity contribution >= 4 is 58.3 Å². The van der Waals surface area contributed by atoms with E-state index in [-0.39, 0.29) is 22.0 Å². The van der Waals surface area contributed by atoms with Crippen LogP contribution in [0.2, 0.25) is 5.02 Å². The lowest BCUT2D eigenvalue weighted by molar-refractivity contribution is -0.120. The van der Waals surface area contributed by atoms with Crippen molar-refractivity contribution in [1.29, 1.82) is 0 Å². The fourth-order valence-electron chi connectivity index (χ4n) is 3.67. The fourth-order valence-corrected chi connectivity index (χ4v) is 4.00. The number of halogens is 2. The molecule has 0 saturated heterocycles. The van der Waals surface area contributed by atoms with Gasteiger partial charge in [-0.25, -0.2) is 14.5 Å². The Bertz CT molecular complexity index is 1470. The van der Waals surface area contributed by atoms with Crippen LogP contribution < -0.4 is 15.0 Å². The van der Waals surface area contributed by atoms with E-state index in [1.807, 2.05) is 6.92 Å². The van der Waals surface area contributed by atoms with E-state index in [1.165, 1.54) is 36.4 Å². The average Bonchev–Trinajstić information content (AvgIpc) is 3.14. The van der Waals surface area contributed by atoms with Crippen LogP contribution >= 0.6 is 23.2 Å². The van der Waals surface area contributed by atoms with E-state index in [9.17, 15) is 19.2 Å². The minimum absolute atomic E-state index is 0.114. The molecule has 3 aromatic carbocycles. The predicted molar refractivity (Wildman–Crippen MR) is 148 cm³/mol. The zero-order chi connectivity index (χ0) is 28.1. The van der Waals surface area contributed by atoms with Crippen molar-refractivity contribution in [2.75, 3.05) is 16.8 Å². The van der Waals surface area contributed by atoms with Gasteiger partial charge in [-0.3, -0.25) is 9.59 Å². The van der Waals surface area contributed by atoms with Gasteiger partial charge in [0.05, 0.1) is 23.4 Å². The topological polar surface area (TPSA) is 102 Å². The Morgan fingerprint density at radius 2 is 1.51 bits per heavy atom. The third-order valence-electron chi connectivity index (χ3n) is 5.85. The van der Waals surface area contributed by atoms with Crippen molar-refractivity contribution in [3.05, 3.63) is 99.2 Å². The van der Waals surface area contributed by atoms with Crippen LogP contribution in [0.3, 0.4) is 0 Å². The van der Waals surface area contributed by atoms with Gasteiger partial charge in [0.15, 0.2) is 0 Å². The highest BCUT2D eigenvalue weighted by molar-refractivity contribution is 6.53. The smallest absolute Gasteiger partial charge is 0.343 e. The van der Waals surface area contributed by atoms with E-state index in [4.69, 9.17) is 32.7 Å². The van der Waals surface area contributed by atoms with Crippen LogP contribution in [0.15, 0.2) is 77.5 Å². The second kappa shape index (κ2) is 12.1. The minimum Gasteiger partial charge on any atom is -0.462 e. The number of benzene rings is 3. The normalized spacial score (nSPS) is 13.1. The third kappa shape index (κ3) is 6.30. The molecule has 1 N–H and O–H groups in total. The molecule has 0 aromatic heterocycles. The molecular weight excluding hydrogens is 543 g/mol. The van der Waals surface area contributed by atoms with Crippen molar-refractivity contribution < 1.29 is 28.7 Å². The Balaban J connectivity index is 1.42. The van der Waals surface area contributed by atoms with Crippen LogP contribution in [0.5, 0.6) is 5.75 Å². The maximum absolute atomic E-state index is 13.1. The number of ether oxygens (including phenoxy) is 2. The first kappa shape index (κ1) is 27.9. The number of amides is 2. The van der Waals surface area contributed by atoms with Gasteiger partial charge in [-0.1, -0.05) is 36.5 Å². The second-order valence-corrected chi connectivity index (χ2v) is 9.46. The van der Waals surface area contributed by atoms with Gasteiger partial charge in [-0.05, 0) is 85.6 Å². The lowest BCUT2D eigenvalue weighted by atomic mass is 10.2. The standard InChI is InChI=1S/C29H24Cl2N2O6/c1-3-4-15-38-28(36)18-7-11-21(12-8-18)33-26(34)24(31)25(27(33)35)32-20-9-5-19(6-10-20)29(37)39-22-13-14-23(30)17(2)16-22/h5-14,16,32H,3-4,15H2,1-2H3. The van der Waals surface area contributed by atoms with Gasteiger partial charge in [-0.2, -0.15) is 0 Å². The van der Waals surface area contributed by atoms with E-state index in [2.05, 4.69) is 5.32 Å². The molecule has 0 radical (unpaired) electrons. The van der Waals surface area contributed by atoms with E-state index in [1.54, 1.807) is 37.3 Å². The zero-order valence-corrected chi connectivity index (χ0v) is 22.6. The quantitative estimate of drug-likeness (QED) is 0.141. The highest BCUT2D eigenvalue weighted by Gasteiger charge is 2.39. The Morgan fingerprint density at radius 3 is 2.15 bits per heavy atom. The van der Waals surface area contributed by atoms with Crippen LogP contribution in [0, 0.1) is 6.92 Å². The molecule has 4 rings (SSSR count). The summed E-state index contributed by atoms with van der Waals surface area (Å²) in [5.41, 5.74) is 1.91. The SMILES string of the molecule is CCCCOC(=O)c1ccc(N2C(=O)C(Cl)=C(Nc3ccc(C(=O)Oc4ccc(Cl)c(C)c4)cc3)C2=O)cc1. The Morgan fingerprint density at radius 1 is 0.872 bits per heavy atom. The van der Waals surface area contributed by atoms with Gasteiger partial charge in [0, 0.05) is 10.7 Å². The van der Waals surface area contributed by atoms with E-state index < -0.39 is 23.8 Å². The number of carbonyl (C=O) groups excluding carboxylic acids is 4. The number of imide groups is 1. The Hall–Kier alpha value is -4.14. The molecule has 0 fully saturated rings. The molecule has 1 heterocycles. The summed E-state index contributed by atoms with van der Waals surface area (Å²) in [5.74, 6) is -2.07. The van der Waals surface area contributed by atoms with Gasteiger partial charge in [-0.15, -0.1) is 0 Å². The molecule has 8 nitrogen and oxygen atoms in total. The van der Waals surface area contributed by atoms with Gasteiger partial charge in [0.25, 0.3) is 11.8 Å². The molecule has 200 valence electrons. The maximum atomic E-state index is 13.1. The van der Waals surface area contributed by atoms with Crippen LogP contribution in [0.25, 0.3) is 0 Å². The molecule has 1 aliphatic rings. The minimum atomic E-state index is -0.708. The number of anilines is 2. The third-order valence-corrected chi connectivity index (χ3v) is 6.62. The molecule has 39 heavy (non-hydrogen) atoms. The number of hydrogen-bond donors (Lipinski definition) is 1. The lowest BCUT2D eigenvalue weighted by Crippen LogP contribution is -2.32. The second-order valence-electron chi connectivity index (χ2n) is 8.67. The van der Waals surface area contributed by atoms with Crippen molar-refractivity contribution in [1.82, 2.24) is 0 Å². The first-order valence-corrected chi connectivity index (χ1v) is 12.9. The fraction of sp³-hybridized carbons (Fsp3) is 0.172. The number of hydrogen-bond acceptors (Lipinski definition) is 7. The molecule has 0 saturated carbocycles. The largest absolute Gasteiger partial charge is 0.462 e. The molecule has 3 aromatic rings. The zero-order valence-electron chi connectivity index (χ0n) is 21.1. The first-order valence-electron chi connectivity index (χ1n) is 12.1. The molecule has 2 amide bonds. The monoisotopic (exact) mass is 566 g/mol. The number of nitrogens with one attached hydrogen (secondary N) is 1. The Kier molecular flexibility index (Phi) is 8.69. The van der Waals surface area contributed by atoms with Crippen LogP contribution in [-0.2, 0) is 14.3 Å². The molecule has 0 aliphatic carbocycles. The van der Waals surface area contributed by atoms with Gasteiger partial charge >= 0.3 is 11.9 Å². The molecule has 0 atom stereocenters. The summed E-state index contributed by atoms with van der Waals surface area (Å²) in [6.07, 6.45) is 1.66. The molecule has 0 bridgehead atoms. The average molecular weight is 567 g/mol. The number of aryl methyl sites for hydroxylation is 1. The summed E-state index contributed by atoms with van der Waals surface area (Å²) in [4.78, 5) is 51.4.